The van der Waals surface area contributed by atoms with Crippen molar-refractivity contribution in [3.05, 3.63) is 36.7 Å². The summed E-state index contributed by atoms with van der Waals surface area (Å²) in [5.41, 5.74) is 0.791. The molecule has 0 fully saturated rings. The molecular formula is C11H11N3OS. The zero-order valence-corrected chi connectivity index (χ0v) is 9.57. The first kappa shape index (κ1) is 10.8. The summed E-state index contributed by atoms with van der Waals surface area (Å²) in [6, 6.07) is 7.62. The Morgan fingerprint density at radius 3 is 2.69 bits per heavy atom. The molecule has 82 valence electrons. The highest BCUT2D eigenvalue weighted by Gasteiger charge is 2.01. The predicted octanol–water partition coefficient (Wildman–Crippen LogP) is 2.14. The van der Waals surface area contributed by atoms with Crippen molar-refractivity contribution >= 4 is 23.9 Å². The predicted molar refractivity (Wildman–Crippen MR) is 63.5 cm³/mol. The van der Waals surface area contributed by atoms with Crippen LogP contribution in [0.2, 0.25) is 0 Å². The molecule has 1 aromatic heterocycles. The number of hydrogen-bond donors (Lipinski definition) is 1. The fourth-order valence-corrected chi connectivity index (χ4v) is 2.04. The zero-order valence-electron chi connectivity index (χ0n) is 8.75. The molecule has 1 heterocycles. The Labute approximate surface area is 97.7 Å². The van der Waals surface area contributed by atoms with E-state index in [9.17, 15) is 4.79 Å². The highest BCUT2D eigenvalue weighted by molar-refractivity contribution is 7.99. The first-order valence-electron chi connectivity index (χ1n) is 4.75. The number of rotatable bonds is 4. The molecule has 1 N–H and O–H groups in total. The van der Waals surface area contributed by atoms with Gasteiger partial charge < -0.3 is 9.88 Å². The summed E-state index contributed by atoms with van der Waals surface area (Å²) >= 11 is 1.58. The molecule has 0 aliphatic heterocycles. The van der Waals surface area contributed by atoms with Crippen LogP contribution in [-0.4, -0.2) is 16.0 Å². The molecule has 16 heavy (non-hydrogen) atoms. The van der Waals surface area contributed by atoms with Gasteiger partial charge in [-0.15, -0.1) is 0 Å². The summed E-state index contributed by atoms with van der Waals surface area (Å²) in [4.78, 5) is 15.5. The molecule has 0 aliphatic rings. The van der Waals surface area contributed by atoms with Crippen molar-refractivity contribution in [1.29, 1.82) is 0 Å². The standard InChI is InChI=1S/C11H11N3OS/c1-14-7-6-12-11(14)16-10-4-2-9(3-5-10)13-8-15/h2-8H,1H3,(H,13,15). The molecule has 0 bridgehead atoms. The molecule has 5 heteroatoms. The van der Waals surface area contributed by atoms with Crippen LogP contribution < -0.4 is 5.32 Å². The number of aromatic nitrogens is 2. The monoisotopic (exact) mass is 233 g/mol. The molecule has 0 atom stereocenters. The molecule has 0 saturated carbocycles. The highest BCUT2D eigenvalue weighted by atomic mass is 32.2. The lowest BCUT2D eigenvalue weighted by atomic mass is 10.3. The summed E-state index contributed by atoms with van der Waals surface area (Å²) in [5, 5.41) is 3.54. The number of hydrogen-bond acceptors (Lipinski definition) is 3. The third kappa shape index (κ3) is 2.43. The summed E-state index contributed by atoms with van der Waals surface area (Å²) < 4.78 is 1.96. The zero-order chi connectivity index (χ0) is 11.4. The Kier molecular flexibility index (Phi) is 3.26. The lowest BCUT2D eigenvalue weighted by Gasteiger charge is -2.02. The van der Waals surface area contributed by atoms with Crippen molar-refractivity contribution in [1.82, 2.24) is 9.55 Å². The minimum Gasteiger partial charge on any atom is -0.329 e. The number of anilines is 1. The molecule has 2 aromatic rings. The van der Waals surface area contributed by atoms with Crippen LogP contribution in [0.3, 0.4) is 0 Å². The number of benzene rings is 1. The maximum absolute atomic E-state index is 10.2. The molecule has 1 aromatic carbocycles. The molecular weight excluding hydrogens is 222 g/mol. The van der Waals surface area contributed by atoms with Crippen LogP contribution in [0, 0.1) is 0 Å². The van der Waals surface area contributed by atoms with Gasteiger partial charge in [0.2, 0.25) is 6.41 Å². The average molecular weight is 233 g/mol. The quantitative estimate of drug-likeness (QED) is 0.823. The lowest BCUT2D eigenvalue weighted by Crippen LogP contribution is -1.93. The van der Waals surface area contributed by atoms with Gasteiger partial charge in [-0.2, -0.15) is 0 Å². The number of aryl methyl sites for hydroxylation is 1. The van der Waals surface area contributed by atoms with Crippen LogP contribution in [0.25, 0.3) is 0 Å². The third-order valence-corrected chi connectivity index (χ3v) is 3.15. The van der Waals surface area contributed by atoms with Gasteiger partial charge in [0.15, 0.2) is 5.16 Å². The van der Waals surface area contributed by atoms with Crippen LogP contribution in [-0.2, 0) is 11.8 Å². The van der Waals surface area contributed by atoms with Crippen molar-refractivity contribution in [2.45, 2.75) is 10.1 Å². The van der Waals surface area contributed by atoms with E-state index in [4.69, 9.17) is 0 Å². The van der Waals surface area contributed by atoms with Crippen molar-refractivity contribution < 1.29 is 4.79 Å². The average Bonchev–Trinajstić information content (AvgIpc) is 2.68. The maximum atomic E-state index is 10.2. The number of imidazole rings is 1. The second kappa shape index (κ2) is 4.85. The van der Waals surface area contributed by atoms with Gasteiger partial charge in [0.1, 0.15) is 0 Å². The SMILES string of the molecule is Cn1ccnc1Sc1ccc(NC=O)cc1. The summed E-state index contributed by atoms with van der Waals surface area (Å²) in [6.45, 7) is 0. The van der Waals surface area contributed by atoms with E-state index in [1.807, 2.05) is 42.1 Å². The minimum absolute atomic E-state index is 0.668. The van der Waals surface area contributed by atoms with Gasteiger partial charge in [-0.05, 0) is 24.3 Å². The number of nitrogens with one attached hydrogen (secondary N) is 1. The summed E-state index contributed by atoms with van der Waals surface area (Å²) in [7, 11) is 1.96. The van der Waals surface area contributed by atoms with E-state index in [2.05, 4.69) is 10.3 Å². The van der Waals surface area contributed by atoms with E-state index in [0.717, 1.165) is 15.7 Å². The van der Waals surface area contributed by atoms with Gasteiger partial charge in [-0.25, -0.2) is 4.98 Å². The van der Waals surface area contributed by atoms with Crippen LogP contribution in [0.4, 0.5) is 5.69 Å². The second-order valence-corrected chi connectivity index (χ2v) is 4.25. The summed E-state index contributed by atoms with van der Waals surface area (Å²) in [6.07, 6.45) is 4.34. The van der Waals surface area contributed by atoms with Gasteiger partial charge in [0.05, 0.1) is 0 Å². The van der Waals surface area contributed by atoms with Crippen LogP contribution in [0.5, 0.6) is 0 Å². The number of carbonyl (C=O) groups excluding carboxylic acids is 1. The van der Waals surface area contributed by atoms with Gasteiger partial charge in [-0.1, -0.05) is 11.8 Å². The Balaban J connectivity index is 2.11. The Morgan fingerprint density at radius 2 is 2.12 bits per heavy atom. The van der Waals surface area contributed by atoms with Crippen molar-refractivity contribution in [3.8, 4) is 0 Å². The molecule has 2 rings (SSSR count). The molecule has 0 saturated heterocycles. The fourth-order valence-electron chi connectivity index (χ4n) is 1.24. The number of nitrogens with zero attached hydrogens (tertiary/aromatic N) is 2. The lowest BCUT2D eigenvalue weighted by molar-refractivity contribution is -0.105. The van der Waals surface area contributed by atoms with Crippen LogP contribution in [0.1, 0.15) is 0 Å². The van der Waals surface area contributed by atoms with Crippen molar-refractivity contribution in [2.24, 2.45) is 7.05 Å². The first-order chi connectivity index (χ1) is 7.79. The van der Waals surface area contributed by atoms with Crippen LogP contribution >= 0.6 is 11.8 Å². The number of amides is 1. The normalized spacial score (nSPS) is 10.1. The van der Waals surface area contributed by atoms with E-state index in [0.29, 0.717) is 6.41 Å². The van der Waals surface area contributed by atoms with Gasteiger partial charge in [-0.3, -0.25) is 4.79 Å². The molecule has 0 spiro atoms. The molecule has 1 amide bonds. The third-order valence-electron chi connectivity index (χ3n) is 2.07. The van der Waals surface area contributed by atoms with Crippen LogP contribution in [0.15, 0.2) is 46.7 Å². The van der Waals surface area contributed by atoms with Gasteiger partial charge in [0, 0.05) is 30.0 Å². The van der Waals surface area contributed by atoms with E-state index in [1.165, 1.54) is 0 Å². The maximum Gasteiger partial charge on any atom is 0.211 e. The summed E-state index contributed by atoms with van der Waals surface area (Å²) in [5.74, 6) is 0. The Bertz CT molecular complexity index is 478. The fraction of sp³-hybridized carbons (Fsp3) is 0.0909. The Morgan fingerprint density at radius 1 is 1.38 bits per heavy atom. The Hall–Kier alpha value is -1.75. The molecule has 0 radical (unpaired) electrons. The first-order valence-corrected chi connectivity index (χ1v) is 5.56. The van der Waals surface area contributed by atoms with Gasteiger partial charge >= 0.3 is 0 Å². The van der Waals surface area contributed by atoms with Crippen molar-refractivity contribution in [2.75, 3.05) is 5.32 Å². The van der Waals surface area contributed by atoms with E-state index < -0.39 is 0 Å². The van der Waals surface area contributed by atoms with E-state index >= 15 is 0 Å². The second-order valence-electron chi connectivity index (χ2n) is 3.21. The number of carbonyl (C=O) groups is 1. The molecule has 0 aliphatic carbocycles. The van der Waals surface area contributed by atoms with Gasteiger partial charge in [0.25, 0.3) is 0 Å². The largest absolute Gasteiger partial charge is 0.329 e. The smallest absolute Gasteiger partial charge is 0.211 e. The van der Waals surface area contributed by atoms with Crippen molar-refractivity contribution in [3.63, 3.8) is 0 Å². The molecule has 0 unspecified atom stereocenters. The minimum atomic E-state index is 0.668. The topological polar surface area (TPSA) is 46.9 Å². The highest BCUT2D eigenvalue weighted by Crippen LogP contribution is 2.26. The van der Waals surface area contributed by atoms with E-state index in [1.54, 1.807) is 18.0 Å². The van der Waals surface area contributed by atoms with E-state index in [-0.39, 0.29) is 0 Å². The molecule has 4 nitrogen and oxygen atoms in total.